The molecule has 3 unspecified atom stereocenters. The summed E-state index contributed by atoms with van der Waals surface area (Å²) >= 11 is 1.61. The molecule has 0 spiro atoms. The number of hydrogen-bond acceptors (Lipinski definition) is 8. The highest BCUT2D eigenvalue weighted by molar-refractivity contribution is 7.13. The number of likely N-dealkylation sites (tertiary alicyclic amines) is 2. The highest BCUT2D eigenvalue weighted by atomic mass is 32.1. The van der Waals surface area contributed by atoms with Crippen LogP contribution in [0.5, 0.6) is 5.88 Å². The topological polar surface area (TPSA) is 101 Å². The Morgan fingerprint density at radius 3 is 2.54 bits per heavy atom. The van der Waals surface area contributed by atoms with Gasteiger partial charge in [0.25, 0.3) is 11.8 Å². The summed E-state index contributed by atoms with van der Waals surface area (Å²) in [5.74, 6) is -2.87. The Hall–Kier alpha value is -3.38. The number of benzene rings is 1. The van der Waals surface area contributed by atoms with Crippen LogP contribution >= 0.6 is 11.3 Å². The number of nitrogens with one attached hydrogen (secondary N) is 1. The van der Waals surface area contributed by atoms with Crippen molar-refractivity contribution >= 4 is 23.2 Å². The molecule has 1 saturated carbocycles. The van der Waals surface area contributed by atoms with E-state index >= 15 is 0 Å². The maximum Gasteiger partial charge on any atom is 0.254 e. The second-order valence-electron chi connectivity index (χ2n) is 13.4. The smallest absolute Gasteiger partial charge is 0.254 e. The normalized spacial score (nSPS) is 22.3. The number of carbonyl (C=O) groups is 2. The summed E-state index contributed by atoms with van der Waals surface area (Å²) in [5, 5.41) is 7.13. The lowest BCUT2D eigenvalue weighted by Gasteiger charge is -2.31. The van der Waals surface area contributed by atoms with E-state index in [4.69, 9.17) is 9.26 Å². The van der Waals surface area contributed by atoms with Crippen LogP contribution in [0.4, 0.5) is 8.78 Å². The van der Waals surface area contributed by atoms with E-state index < -0.39 is 23.8 Å². The Labute approximate surface area is 272 Å². The minimum Gasteiger partial charge on any atom is -0.475 e. The van der Waals surface area contributed by atoms with E-state index in [2.05, 4.69) is 20.4 Å². The number of thiazole rings is 1. The van der Waals surface area contributed by atoms with Gasteiger partial charge >= 0.3 is 0 Å². The van der Waals surface area contributed by atoms with Gasteiger partial charge in [0.2, 0.25) is 11.8 Å². The first-order valence-corrected chi connectivity index (χ1v) is 17.2. The minimum absolute atomic E-state index is 0.0140. The predicted molar refractivity (Wildman–Crippen MR) is 171 cm³/mol. The van der Waals surface area contributed by atoms with E-state index in [-0.39, 0.29) is 24.2 Å². The molecule has 3 aromatic rings. The van der Waals surface area contributed by atoms with Gasteiger partial charge in [0, 0.05) is 38.0 Å². The van der Waals surface area contributed by atoms with E-state index in [1.54, 1.807) is 22.3 Å². The van der Waals surface area contributed by atoms with Crippen molar-refractivity contribution in [1.82, 2.24) is 25.3 Å². The van der Waals surface area contributed by atoms with E-state index in [9.17, 15) is 18.4 Å². The third kappa shape index (κ3) is 7.43. The van der Waals surface area contributed by atoms with E-state index in [1.165, 1.54) is 0 Å². The number of carbonyl (C=O) groups excluding carboxylic acids is 2. The molecule has 2 aromatic heterocycles. The number of hydrogen-bond donors (Lipinski definition) is 1. The lowest BCUT2D eigenvalue weighted by atomic mass is 9.91. The molecule has 1 N–H and O–H groups in total. The number of piperidine rings is 1. The van der Waals surface area contributed by atoms with Crippen molar-refractivity contribution in [1.29, 1.82) is 0 Å². The summed E-state index contributed by atoms with van der Waals surface area (Å²) in [6.07, 6.45) is 3.14. The maximum atomic E-state index is 13.9. The summed E-state index contributed by atoms with van der Waals surface area (Å²) in [6, 6.07) is 9.25. The fourth-order valence-corrected chi connectivity index (χ4v) is 7.49. The molecule has 2 saturated heterocycles. The molecule has 3 fully saturated rings. The molecule has 3 aliphatic rings. The summed E-state index contributed by atoms with van der Waals surface area (Å²) in [7, 11) is 0. The van der Waals surface area contributed by atoms with Gasteiger partial charge in [0.05, 0.1) is 22.7 Å². The highest BCUT2D eigenvalue weighted by Crippen LogP contribution is 2.49. The second-order valence-corrected chi connectivity index (χ2v) is 14.2. The number of nitrogens with zero attached hydrogens (tertiary/aromatic N) is 4. The van der Waals surface area contributed by atoms with Gasteiger partial charge in [-0.25, -0.2) is 13.8 Å². The molecule has 248 valence electrons. The van der Waals surface area contributed by atoms with E-state index in [0.717, 1.165) is 54.0 Å². The first-order chi connectivity index (χ1) is 22.1. The van der Waals surface area contributed by atoms with Crippen LogP contribution in [-0.2, 0) is 16.1 Å². The molecule has 0 bridgehead atoms. The van der Waals surface area contributed by atoms with E-state index in [0.29, 0.717) is 50.2 Å². The van der Waals surface area contributed by atoms with Gasteiger partial charge in [-0.15, -0.1) is 11.3 Å². The monoisotopic (exact) mass is 655 g/mol. The summed E-state index contributed by atoms with van der Waals surface area (Å²) < 4.78 is 38.1. The molecule has 3 atom stereocenters. The number of aryl methyl sites for hydroxylation is 1. The Bertz CT molecular complexity index is 1500. The number of rotatable bonds is 12. The molecular weight excluding hydrogens is 612 g/mol. The Kier molecular flexibility index (Phi) is 9.75. The van der Waals surface area contributed by atoms with Crippen molar-refractivity contribution in [3.63, 3.8) is 0 Å². The third-order valence-electron chi connectivity index (χ3n) is 9.62. The Morgan fingerprint density at radius 2 is 1.89 bits per heavy atom. The van der Waals surface area contributed by atoms with Crippen LogP contribution in [0.2, 0.25) is 0 Å². The standard InChI is InChI=1S/C34H43F2N5O4S/c1-21(2)30(28-15-29(39-45-28)44-19-24-10-13-40(14-11-24)18-26-16-34(26,35)36)33(43)41-12-4-5-27(41)32(42)37-17-23-6-8-25(9-7-23)31-22(3)38-20-46-31/h6-9,15,20-21,24,26-27,30H,4-5,10-14,16-19H2,1-3H3,(H,37,42). The van der Waals surface area contributed by atoms with Crippen LogP contribution in [0.1, 0.15) is 68.9 Å². The molecule has 46 heavy (non-hydrogen) atoms. The number of amides is 2. The SMILES string of the molecule is Cc1ncsc1-c1ccc(CNC(=O)C2CCCN2C(=O)C(c2cc(OCC3CCN(CC4CC4(F)F)CC3)no2)C(C)C)cc1. The van der Waals surface area contributed by atoms with Crippen molar-refractivity contribution in [2.75, 3.05) is 32.8 Å². The zero-order chi connectivity index (χ0) is 32.4. The van der Waals surface area contributed by atoms with Gasteiger partial charge < -0.3 is 24.4 Å². The molecule has 1 aromatic carbocycles. The van der Waals surface area contributed by atoms with Gasteiger partial charge in [-0.05, 0) is 73.8 Å². The van der Waals surface area contributed by atoms with Crippen molar-refractivity contribution in [2.24, 2.45) is 17.8 Å². The largest absolute Gasteiger partial charge is 0.475 e. The van der Waals surface area contributed by atoms with Gasteiger partial charge in [0.15, 0.2) is 5.76 Å². The molecule has 12 heteroatoms. The van der Waals surface area contributed by atoms with Gasteiger partial charge in [0.1, 0.15) is 12.0 Å². The van der Waals surface area contributed by atoms with Crippen LogP contribution in [0.15, 0.2) is 40.4 Å². The average Bonchev–Trinajstić information content (AvgIpc) is 3.57. The van der Waals surface area contributed by atoms with Gasteiger partial charge in [-0.2, -0.15) is 0 Å². The first-order valence-electron chi connectivity index (χ1n) is 16.4. The molecule has 0 radical (unpaired) electrons. The van der Waals surface area contributed by atoms with Crippen molar-refractivity contribution < 1.29 is 27.6 Å². The van der Waals surface area contributed by atoms with Crippen molar-refractivity contribution in [3.8, 4) is 16.3 Å². The van der Waals surface area contributed by atoms with Crippen LogP contribution in [0.3, 0.4) is 0 Å². The zero-order valence-corrected chi connectivity index (χ0v) is 27.5. The van der Waals surface area contributed by atoms with Crippen molar-refractivity contribution in [3.05, 3.63) is 52.9 Å². The average molecular weight is 656 g/mol. The number of ether oxygens (including phenoxy) is 1. The molecular formula is C34H43F2N5O4S. The second kappa shape index (κ2) is 13.8. The Balaban J connectivity index is 1.000. The number of halogens is 2. The molecule has 4 heterocycles. The maximum absolute atomic E-state index is 13.9. The van der Waals surface area contributed by atoms with Crippen molar-refractivity contribution in [2.45, 2.75) is 77.3 Å². The predicted octanol–water partition coefficient (Wildman–Crippen LogP) is 5.90. The third-order valence-corrected chi connectivity index (χ3v) is 10.6. The molecule has 2 aliphatic heterocycles. The lowest BCUT2D eigenvalue weighted by Crippen LogP contribution is -2.47. The van der Waals surface area contributed by atoms with E-state index in [1.807, 2.05) is 50.5 Å². The molecule has 9 nitrogen and oxygen atoms in total. The van der Waals surface area contributed by atoms with Gasteiger partial charge in [-0.3, -0.25) is 9.59 Å². The number of aromatic nitrogens is 2. The quantitative estimate of drug-likeness (QED) is 0.259. The van der Waals surface area contributed by atoms with Gasteiger partial charge in [-0.1, -0.05) is 38.1 Å². The fourth-order valence-electron chi connectivity index (χ4n) is 6.68. The fraction of sp³-hybridized carbons (Fsp3) is 0.588. The van der Waals surface area contributed by atoms with Crippen LogP contribution in [0.25, 0.3) is 10.4 Å². The number of alkyl halides is 2. The lowest BCUT2D eigenvalue weighted by molar-refractivity contribution is -0.140. The zero-order valence-electron chi connectivity index (χ0n) is 26.7. The Morgan fingerprint density at radius 1 is 1.15 bits per heavy atom. The molecule has 1 aliphatic carbocycles. The summed E-state index contributed by atoms with van der Waals surface area (Å²) in [6.45, 7) is 9.31. The first kappa shape index (κ1) is 32.6. The van der Waals surface area contributed by atoms with Crippen LogP contribution in [0, 0.1) is 24.7 Å². The highest BCUT2D eigenvalue weighted by Gasteiger charge is 2.57. The minimum atomic E-state index is -2.47. The van der Waals surface area contributed by atoms with Crippen LogP contribution in [-0.4, -0.2) is 76.5 Å². The molecule has 6 rings (SSSR count). The summed E-state index contributed by atoms with van der Waals surface area (Å²) in [4.78, 5) is 36.5. The molecule has 2 amide bonds. The van der Waals surface area contributed by atoms with Crippen LogP contribution < -0.4 is 10.1 Å². The summed E-state index contributed by atoms with van der Waals surface area (Å²) in [5.41, 5.74) is 4.92.